The lowest BCUT2D eigenvalue weighted by Gasteiger charge is -2.27. The molecule has 0 radical (unpaired) electrons. The van der Waals surface area contributed by atoms with Gasteiger partial charge in [0, 0.05) is 23.8 Å². The second-order valence-corrected chi connectivity index (χ2v) is 8.48. The van der Waals surface area contributed by atoms with Crippen molar-refractivity contribution in [2.45, 2.75) is 37.8 Å². The fourth-order valence-corrected chi connectivity index (χ4v) is 4.12. The number of anilines is 3. The van der Waals surface area contributed by atoms with Crippen LogP contribution in [-0.4, -0.2) is 26.7 Å². The molecule has 0 atom stereocenters. The molecule has 1 saturated carbocycles. The van der Waals surface area contributed by atoms with Crippen LogP contribution in [0.15, 0.2) is 66.9 Å². The van der Waals surface area contributed by atoms with Gasteiger partial charge in [-0.1, -0.05) is 29.8 Å². The van der Waals surface area contributed by atoms with Crippen molar-refractivity contribution in [2.75, 3.05) is 10.6 Å². The zero-order valence-corrected chi connectivity index (χ0v) is 18.3. The Morgan fingerprint density at radius 2 is 1.69 bits per heavy atom. The molecule has 1 aliphatic carbocycles. The third kappa shape index (κ3) is 4.64. The van der Waals surface area contributed by atoms with Crippen LogP contribution in [0.1, 0.15) is 25.7 Å². The number of halogens is 1. The molecule has 4 aromatic rings. The molecule has 0 aliphatic heterocycles. The van der Waals surface area contributed by atoms with Crippen molar-refractivity contribution < 1.29 is 4.74 Å². The lowest BCUT2D eigenvalue weighted by Crippen LogP contribution is -2.33. The number of para-hydroxylation sites is 1. The van der Waals surface area contributed by atoms with Gasteiger partial charge in [0.1, 0.15) is 28.2 Å². The van der Waals surface area contributed by atoms with Crippen molar-refractivity contribution in [3.8, 4) is 11.5 Å². The second-order valence-electron chi connectivity index (χ2n) is 8.08. The summed E-state index contributed by atoms with van der Waals surface area (Å²) in [5.74, 6) is 3.11. The van der Waals surface area contributed by atoms with Crippen LogP contribution in [0.5, 0.6) is 11.5 Å². The molecule has 2 aromatic carbocycles. The number of nitrogens with two attached hydrogens (primary N) is 1. The standard InChI is InChI=1S/C24H25ClN6O/c25-21-15-27-31-23(14-22(30-24(21)31)28-17-8-6-16(26)7-9-17)29-18-10-12-20(13-11-18)32-19-4-2-1-3-5-19/h1-5,10-17,29H,6-9,26H2,(H,28,30)/t16-,17-. The summed E-state index contributed by atoms with van der Waals surface area (Å²) in [5.41, 5.74) is 7.55. The predicted octanol–water partition coefficient (Wildman–Crippen LogP) is 5.60. The Labute approximate surface area is 191 Å². The lowest BCUT2D eigenvalue weighted by molar-refractivity contribution is 0.410. The average molecular weight is 449 g/mol. The second kappa shape index (κ2) is 9.06. The van der Waals surface area contributed by atoms with Gasteiger partial charge in [-0.15, -0.1) is 0 Å². The number of benzene rings is 2. The third-order valence-corrected chi connectivity index (χ3v) is 5.92. The summed E-state index contributed by atoms with van der Waals surface area (Å²) < 4.78 is 7.58. The van der Waals surface area contributed by atoms with Crippen LogP contribution in [0, 0.1) is 0 Å². The van der Waals surface area contributed by atoms with Gasteiger partial charge in [0.05, 0.1) is 6.20 Å². The van der Waals surface area contributed by atoms with Gasteiger partial charge >= 0.3 is 0 Å². The first kappa shape index (κ1) is 20.6. The number of hydrogen-bond donors (Lipinski definition) is 3. The van der Waals surface area contributed by atoms with E-state index in [0.29, 0.717) is 22.8 Å². The summed E-state index contributed by atoms with van der Waals surface area (Å²) in [6.45, 7) is 0. The first-order valence-corrected chi connectivity index (χ1v) is 11.2. The molecule has 0 bridgehead atoms. The van der Waals surface area contributed by atoms with Crippen LogP contribution >= 0.6 is 11.6 Å². The number of rotatable bonds is 6. The Hall–Kier alpha value is -3.29. The van der Waals surface area contributed by atoms with E-state index in [4.69, 9.17) is 22.1 Å². The Morgan fingerprint density at radius 1 is 0.969 bits per heavy atom. The molecule has 1 fully saturated rings. The van der Waals surface area contributed by atoms with E-state index >= 15 is 0 Å². The molecule has 2 aromatic heterocycles. The molecular formula is C24H25ClN6O. The number of nitrogens with zero attached hydrogens (tertiary/aromatic N) is 3. The molecule has 0 saturated heterocycles. The number of hydrogen-bond acceptors (Lipinski definition) is 6. The van der Waals surface area contributed by atoms with E-state index in [1.807, 2.05) is 60.7 Å². The molecule has 5 rings (SSSR count). The smallest absolute Gasteiger partial charge is 0.178 e. The van der Waals surface area contributed by atoms with Gasteiger partial charge in [0.2, 0.25) is 0 Å². The summed E-state index contributed by atoms with van der Waals surface area (Å²) in [7, 11) is 0. The molecule has 32 heavy (non-hydrogen) atoms. The number of fused-ring (bicyclic) bond motifs is 1. The summed E-state index contributed by atoms with van der Waals surface area (Å²) >= 11 is 6.34. The molecule has 0 unspecified atom stereocenters. The zero-order chi connectivity index (χ0) is 21.9. The van der Waals surface area contributed by atoms with E-state index in [9.17, 15) is 0 Å². The van der Waals surface area contributed by atoms with Crippen LogP contribution in [0.2, 0.25) is 5.02 Å². The van der Waals surface area contributed by atoms with Crippen LogP contribution in [0.3, 0.4) is 0 Å². The first-order chi connectivity index (χ1) is 15.6. The Bertz CT molecular complexity index is 1190. The quantitative estimate of drug-likeness (QED) is 0.355. The maximum Gasteiger partial charge on any atom is 0.178 e. The summed E-state index contributed by atoms with van der Waals surface area (Å²) in [6.07, 6.45) is 5.72. The fourth-order valence-electron chi connectivity index (χ4n) is 3.95. The molecule has 4 N–H and O–H groups in total. The minimum atomic E-state index is 0.304. The highest BCUT2D eigenvalue weighted by Gasteiger charge is 2.20. The number of ether oxygens (including phenoxy) is 1. The molecule has 164 valence electrons. The fraction of sp³-hybridized carbons (Fsp3) is 0.250. The average Bonchev–Trinajstić information content (AvgIpc) is 3.18. The van der Waals surface area contributed by atoms with Gasteiger partial charge < -0.3 is 21.1 Å². The van der Waals surface area contributed by atoms with E-state index in [1.54, 1.807) is 10.7 Å². The highest BCUT2D eigenvalue weighted by molar-refractivity contribution is 6.33. The van der Waals surface area contributed by atoms with Gasteiger partial charge in [-0.25, -0.2) is 4.98 Å². The lowest BCUT2D eigenvalue weighted by atomic mass is 9.92. The van der Waals surface area contributed by atoms with Crippen LogP contribution in [0.4, 0.5) is 17.3 Å². The van der Waals surface area contributed by atoms with E-state index in [-0.39, 0.29) is 0 Å². The Balaban J connectivity index is 1.36. The molecular weight excluding hydrogens is 424 g/mol. The summed E-state index contributed by atoms with van der Waals surface area (Å²) in [6, 6.07) is 20.1. The summed E-state index contributed by atoms with van der Waals surface area (Å²) in [4.78, 5) is 4.68. The number of aromatic nitrogens is 3. The van der Waals surface area contributed by atoms with Gasteiger partial charge in [-0.2, -0.15) is 9.61 Å². The first-order valence-electron chi connectivity index (χ1n) is 10.8. The van der Waals surface area contributed by atoms with Crippen LogP contribution < -0.4 is 21.1 Å². The molecule has 0 amide bonds. The summed E-state index contributed by atoms with van der Waals surface area (Å²) in [5, 5.41) is 11.9. The van der Waals surface area contributed by atoms with Gasteiger partial charge in [0.25, 0.3) is 0 Å². The Morgan fingerprint density at radius 3 is 2.44 bits per heavy atom. The van der Waals surface area contributed by atoms with E-state index in [2.05, 4.69) is 20.7 Å². The van der Waals surface area contributed by atoms with E-state index in [1.165, 1.54) is 0 Å². The molecule has 1 aliphatic rings. The van der Waals surface area contributed by atoms with Gasteiger partial charge in [-0.3, -0.25) is 0 Å². The van der Waals surface area contributed by atoms with Gasteiger partial charge in [-0.05, 0) is 62.1 Å². The molecule has 7 nitrogen and oxygen atoms in total. The maximum atomic E-state index is 6.34. The number of nitrogens with one attached hydrogen (secondary N) is 2. The van der Waals surface area contributed by atoms with E-state index in [0.717, 1.165) is 54.5 Å². The molecule has 2 heterocycles. The van der Waals surface area contributed by atoms with Crippen molar-refractivity contribution >= 4 is 34.6 Å². The SMILES string of the molecule is N[C@H]1CC[C@H](Nc2cc(Nc3ccc(Oc4ccccc4)cc3)n3ncc(Cl)c3n2)CC1. The van der Waals surface area contributed by atoms with Crippen LogP contribution in [0.25, 0.3) is 5.65 Å². The zero-order valence-electron chi connectivity index (χ0n) is 17.5. The van der Waals surface area contributed by atoms with Crippen molar-refractivity contribution in [3.05, 3.63) is 71.9 Å². The van der Waals surface area contributed by atoms with E-state index < -0.39 is 0 Å². The highest BCUT2D eigenvalue weighted by atomic mass is 35.5. The molecule has 0 spiro atoms. The van der Waals surface area contributed by atoms with Crippen molar-refractivity contribution in [1.82, 2.24) is 14.6 Å². The topological polar surface area (TPSA) is 89.5 Å². The molecule has 8 heteroatoms. The van der Waals surface area contributed by atoms with Gasteiger partial charge in [0.15, 0.2) is 5.65 Å². The van der Waals surface area contributed by atoms with Crippen LogP contribution in [-0.2, 0) is 0 Å². The van der Waals surface area contributed by atoms with Crippen molar-refractivity contribution in [1.29, 1.82) is 0 Å². The van der Waals surface area contributed by atoms with Crippen molar-refractivity contribution in [2.24, 2.45) is 5.73 Å². The minimum Gasteiger partial charge on any atom is -0.457 e. The normalized spacial score (nSPS) is 18.4. The monoisotopic (exact) mass is 448 g/mol. The largest absolute Gasteiger partial charge is 0.457 e. The highest BCUT2D eigenvalue weighted by Crippen LogP contribution is 2.28. The minimum absolute atomic E-state index is 0.304. The maximum absolute atomic E-state index is 6.34. The Kier molecular flexibility index (Phi) is 5.83. The predicted molar refractivity (Wildman–Crippen MR) is 128 cm³/mol. The third-order valence-electron chi connectivity index (χ3n) is 5.66. The van der Waals surface area contributed by atoms with Crippen molar-refractivity contribution in [3.63, 3.8) is 0 Å².